The molecule has 0 atom stereocenters. The van der Waals surface area contributed by atoms with E-state index in [-0.39, 0.29) is 0 Å². The summed E-state index contributed by atoms with van der Waals surface area (Å²) in [6, 6.07) is 15.8. The van der Waals surface area contributed by atoms with Crippen molar-refractivity contribution < 1.29 is 4.74 Å². The van der Waals surface area contributed by atoms with E-state index in [1.807, 2.05) is 53.9 Å². The van der Waals surface area contributed by atoms with Crippen LogP contribution in [0.25, 0.3) is 11.1 Å². The molecule has 0 saturated carbocycles. The SMILES string of the molecule is Clc1cc(-c2ccccc2)ccc1Oc1nc(Br)cs1. The summed E-state index contributed by atoms with van der Waals surface area (Å²) < 4.78 is 6.43. The van der Waals surface area contributed by atoms with Crippen LogP contribution < -0.4 is 4.74 Å². The number of nitrogens with zero attached hydrogens (tertiary/aromatic N) is 1. The van der Waals surface area contributed by atoms with Crippen LogP contribution in [0.2, 0.25) is 5.02 Å². The van der Waals surface area contributed by atoms with Crippen LogP contribution in [0.5, 0.6) is 10.9 Å². The molecule has 0 bridgehead atoms. The van der Waals surface area contributed by atoms with Crippen LogP contribution in [0, 0.1) is 0 Å². The van der Waals surface area contributed by atoms with Gasteiger partial charge in [-0.2, -0.15) is 4.98 Å². The van der Waals surface area contributed by atoms with Crippen LogP contribution in [0.4, 0.5) is 0 Å². The average Bonchev–Trinajstić information content (AvgIpc) is 2.87. The van der Waals surface area contributed by atoms with Gasteiger partial charge in [0, 0.05) is 5.38 Å². The van der Waals surface area contributed by atoms with E-state index in [1.54, 1.807) is 0 Å². The lowest BCUT2D eigenvalue weighted by atomic mass is 10.1. The second-order valence-corrected chi connectivity index (χ2v) is 6.09. The third kappa shape index (κ3) is 3.03. The van der Waals surface area contributed by atoms with E-state index >= 15 is 0 Å². The summed E-state index contributed by atoms with van der Waals surface area (Å²) in [4.78, 5) is 4.18. The highest BCUT2D eigenvalue weighted by Gasteiger charge is 2.08. The van der Waals surface area contributed by atoms with Crippen molar-refractivity contribution in [1.82, 2.24) is 4.98 Å². The fourth-order valence-corrected chi connectivity index (χ4v) is 3.09. The maximum Gasteiger partial charge on any atom is 0.279 e. The third-order valence-electron chi connectivity index (χ3n) is 2.69. The zero-order chi connectivity index (χ0) is 13.9. The van der Waals surface area contributed by atoms with Gasteiger partial charge in [0.15, 0.2) is 0 Å². The Morgan fingerprint density at radius 3 is 2.50 bits per heavy atom. The molecule has 0 aliphatic rings. The molecule has 0 amide bonds. The summed E-state index contributed by atoms with van der Waals surface area (Å²) in [6.45, 7) is 0. The zero-order valence-electron chi connectivity index (χ0n) is 10.2. The molecule has 0 fully saturated rings. The molecule has 1 heterocycles. The van der Waals surface area contributed by atoms with Gasteiger partial charge in [-0.15, -0.1) is 0 Å². The van der Waals surface area contributed by atoms with Gasteiger partial charge in [-0.3, -0.25) is 0 Å². The van der Waals surface area contributed by atoms with E-state index in [0.717, 1.165) is 15.7 Å². The van der Waals surface area contributed by atoms with E-state index in [0.29, 0.717) is 16.0 Å². The Labute approximate surface area is 134 Å². The predicted molar refractivity (Wildman–Crippen MR) is 86.8 cm³/mol. The largest absolute Gasteiger partial charge is 0.429 e. The van der Waals surface area contributed by atoms with E-state index in [4.69, 9.17) is 16.3 Å². The summed E-state index contributed by atoms with van der Waals surface area (Å²) in [5.41, 5.74) is 2.18. The normalized spacial score (nSPS) is 10.5. The fraction of sp³-hybridized carbons (Fsp3) is 0. The Bertz CT molecular complexity index is 730. The molecule has 3 aromatic rings. The second kappa shape index (κ2) is 5.95. The summed E-state index contributed by atoms with van der Waals surface area (Å²) in [7, 11) is 0. The number of rotatable bonds is 3. The molecule has 0 radical (unpaired) electrons. The van der Waals surface area contributed by atoms with Crippen molar-refractivity contribution in [3.05, 3.63) is 63.5 Å². The lowest BCUT2D eigenvalue weighted by Gasteiger charge is -2.07. The molecule has 0 spiro atoms. The quantitative estimate of drug-likeness (QED) is 0.565. The summed E-state index contributed by atoms with van der Waals surface area (Å²) in [5, 5.41) is 2.99. The van der Waals surface area contributed by atoms with Crippen LogP contribution >= 0.6 is 38.9 Å². The van der Waals surface area contributed by atoms with Crippen LogP contribution in [-0.4, -0.2) is 4.98 Å². The van der Waals surface area contributed by atoms with Crippen molar-refractivity contribution in [3.8, 4) is 22.1 Å². The first-order chi connectivity index (χ1) is 9.72. The first-order valence-electron chi connectivity index (χ1n) is 5.86. The van der Waals surface area contributed by atoms with Gasteiger partial charge in [0.2, 0.25) is 0 Å². The smallest absolute Gasteiger partial charge is 0.279 e. The van der Waals surface area contributed by atoms with E-state index in [2.05, 4.69) is 20.9 Å². The first kappa shape index (κ1) is 13.6. The van der Waals surface area contributed by atoms with Gasteiger partial charge < -0.3 is 4.74 Å². The second-order valence-electron chi connectivity index (χ2n) is 4.05. The highest BCUT2D eigenvalue weighted by Crippen LogP contribution is 2.34. The number of hydrogen-bond acceptors (Lipinski definition) is 3. The standard InChI is InChI=1S/C15H9BrClNOS/c16-14-9-20-15(18-14)19-13-7-6-11(8-12(13)17)10-4-2-1-3-5-10/h1-9H. The lowest BCUT2D eigenvalue weighted by Crippen LogP contribution is -1.85. The molecule has 2 nitrogen and oxygen atoms in total. The topological polar surface area (TPSA) is 22.1 Å². The Morgan fingerprint density at radius 1 is 1.05 bits per heavy atom. The monoisotopic (exact) mass is 365 g/mol. The summed E-state index contributed by atoms with van der Waals surface area (Å²) in [6.07, 6.45) is 0. The van der Waals surface area contributed by atoms with Crippen molar-refractivity contribution in [2.45, 2.75) is 0 Å². The molecular formula is C15H9BrClNOS. The van der Waals surface area contributed by atoms with E-state index in [9.17, 15) is 0 Å². The maximum absolute atomic E-state index is 6.28. The van der Waals surface area contributed by atoms with Crippen LogP contribution in [0.15, 0.2) is 58.5 Å². The van der Waals surface area contributed by atoms with Gasteiger partial charge in [-0.1, -0.05) is 59.3 Å². The maximum atomic E-state index is 6.28. The molecule has 5 heteroatoms. The van der Waals surface area contributed by atoms with Crippen molar-refractivity contribution in [1.29, 1.82) is 0 Å². The van der Waals surface area contributed by atoms with Gasteiger partial charge >= 0.3 is 0 Å². The van der Waals surface area contributed by atoms with Crippen LogP contribution in [0.1, 0.15) is 0 Å². The van der Waals surface area contributed by atoms with Crippen molar-refractivity contribution in [2.24, 2.45) is 0 Å². The Hall–Kier alpha value is -1.36. The molecule has 0 unspecified atom stereocenters. The van der Waals surface area contributed by atoms with Gasteiger partial charge in [0.1, 0.15) is 10.4 Å². The van der Waals surface area contributed by atoms with Gasteiger partial charge in [-0.05, 0) is 39.2 Å². The minimum atomic E-state index is 0.561. The first-order valence-corrected chi connectivity index (χ1v) is 7.91. The average molecular weight is 367 g/mol. The van der Waals surface area contributed by atoms with Gasteiger partial charge in [0.05, 0.1) is 5.02 Å². The van der Waals surface area contributed by atoms with Crippen molar-refractivity contribution in [3.63, 3.8) is 0 Å². The number of benzene rings is 2. The minimum absolute atomic E-state index is 0.561. The predicted octanol–water partition coefficient (Wildman–Crippen LogP) is 6.02. The fourth-order valence-electron chi connectivity index (χ4n) is 1.77. The molecule has 100 valence electrons. The summed E-state index contributed by atoms with van der Waals surface area (Å²) >= 11 is 11.0. The minimum Gasteiger partial charge on any atom is -0.429 e. The molecular weight excluding hydrogens is 358 g/mol. The number of hydrogen-bond donors (Lipinski definition) is 0. The van der Waals surface area contributed by atoms with Gasteiger partial charge in [0.25, 0.3) is 5.19 Å². The zero-order valence-corrected chi connectivity index (χ0v) is 13.4. The Balaban J connectivity index is 1.88. The van der Waals surface area contributed by atoms with E-state index in [1.165, 1.54) is 11.3 Å². The molecule has 1 aromatic heterocycles. The molecule has 0 N–H and O–H groups in total. The Morgan fingerprint density at radius 2 is 1.85 bits per heavy atom. The van der Waals surface area contributed by atoms with E-state index < -0.39 is 0 Å². The molecule has 2 aromatic carbocycles. The number of halogens is 2. The number of ether oxygens (including phenoxy) is 1. The molecule has 20 heavy (non-hydrogen) atoms. The molecule has 0 saturated heterocycles. The highest BCUT2D eigenvalue weighted by molar-refractivity contribution is 9.10. The lowest BCUT2D eigenvalue weighted by molar-refractivity contribution is 0.478. The molecule has 0 aliphatic carbocycles. The molecule has 3 rings (SSSR count). The highest BCUT2D eigenvalue weighted by atomic mass is 79.9. The van der Waals surface area contributed by atoms with Gasteiger partial charge in [-0.25, -0.2) is 0 Å². The number of thiazole rings is 1. The van der Waals surface area contributed by atoms with Crippen LogP contribution in [0.3, 0.4) is 0 Å². The third-order valence-corrected chi connectivity index (χ3v) is 4.41. The Kier molecular flexibility index (Phi) is 4.05. The molecule has 0 aliphatic heterocycles. The van der Waals surface area contributed by atoms with Crippen molar-refractivity contribution >= 4 is 38.9 Å². The number of aromatic nitrogens is 1. The van der Waals surface area contributed by atoms with Crippen molar-refractivity contribution in [2.75, 3.05) is 0 Å². The summed E-state index contributed by atoms with van der Waals surface area (Å²) in [5.74, 6) is 0.605. The van der Waals surface area contributed by atoms with Crippen LogP contribution in [-0.2, 0) is 0 Å².